The maximum absolute atomic E-state index is 6.60. The molecule has 2 aliphatic heterocycles. The van der Waals surface area contributed by atoms with Gasteiger partial charge in [-0.1, -0.05) is 49.4 Å². The van der Waals surface area contributed by atoms with Crippen molar-refractivity contribution in [3.63, 3.8) is 0 Å². The van der Waals surface area contributed by atoms with E-state index in [4.69, 9.17) is 18.6 Å². The van der Waals surface area contributed by atoms with Crippen LogP contribution < -0.4 is 0 Å². The molecule has 0 aliphatic carbocycles. The summed E-state index contributed by atoms with van der Waals surface area (Å²) in [5.41, 5.74) is -0.696. The first-order valence-electron chi connectivity index (χ1n) is 10.9. The maximum atomic E-state index is 6.60. The minimum Gasteiger partial charge on any atom is -0.403 e. The van der Waals surface area contributed by atoms with Crippen LogP contribution in [0, 0.1) is 0 Å². The van der Waals surface area contributed by atoms with Crippen LogP contribution in [0.4, 0.5) is 0 Å². The van der Waals surface area contributed by atoms with Crippen molar-refractivity contribution in [1.82, 2.24) is 0 Å². The normalized spacial score (nSPS) is 24.6. The van der Waals surface area contributed by atoms with Crippen LogP contribution >= 0.6 is 0 Å². The smallest absolute Gasteiger partial charge is 0.403 e. The molecule has 0 N–H and O–H groups in total. The van der Waals surface area contributed by atoms with Gasteiger partial charge in [0.15, 0.2) is 0 Å². The lowest BCUT2D eigenvalue weighted by molar-refractivity contribution is 0.00578. The zero-order valence-corrected chi connectivity index (χ0v) is 19.8. The van der Waals surface area contributed by atoms with Gasteiger partial charge in [-0.3, -0.25) is 0 Å². The molecule has 30 heavy (non-hydrogen) atoms. The van der Waals surface area contributed by atoms with Gasteiger partial charge in [0.25, 0.3) is 0 Å². The first-order chi connectivity index (χ1) is 13.7. The zero-order valence-electron chi connectivity index (χ0n) is 19.8. The number of rotatable bonds is 3. The molecule has 0 spiro atoms. The molecule has 2 saturated heterocycles. The predicted molar refractivity (Wildman–Crippen MR) is 123 cm³/mol. The Morgan fingerprint density at radius 1 is 0.600 bits per heavy atom. The molecule has 4 rings (SSSR count). The molecule has 2 aliphatic rings. The van der Waals surface area contributed by atoms with E-state index in [0.29, 0.717) is 0 Å². The van der Waals surface area contributed by atoms with Crippen LogP contribution in [0.5, 0.6) is 0 Å². The zero-order chi connectivity index (χ0) is 22.2. The monoisotopic (exact) mass is 408 g/mol. The summed E-state index contributed by atoms with van der Waals surface area (Å²) in [5.74, 6) is 0. The van der Waals surface area contributed by atoms with Gasteiger partial charge in [0.2, 0.25) is 0 Å². The summed E-state index contributed by atoms with van der Waals surface area (Å²) in [5, 5.41) is 1.65. The van der Waals surface area contributed by atoms with Crippen LogP contribution in [0.15, 0.2) is 42.5 Å². The number of hydrogen-bond donors (Lipinski definition) is 0. The molecule has 0 bridgehead atoms. The fraction of sp³-hybridized carbons (Fsp3) is 0.583. The fourth-order valence-electron chi connectivity index (χ4n) is 4.24. The van der Waals surface area contributed by atoms with E-state index in [9.17, 15) is 0 Å². The lowest BCUT2D eigenvalue weighted by atomic mass is 9.37. The molecule has 2 aromatic rings. The summed E-state index contributed by atoms with van der Waals surface area (Å²) in [7, 11) is -1.05. The predicted octanol–water partition coefficient (Wildman–Crippen LogP) is 5.36. The largest absolute Gasteiger partial charge is 0.466 e. The first kappa shape index (κ1) is 21.9. The van der Waals surface area contributed by atoms with Crippen molar-refractivity contribution < 1.29 is 18.6 Å². The quantitative estimate of drug-likeness (QED) is 0.641. The Morgan fingerprint density at radius 2 is 1.00 bits per heavy atom. The molecule has 0 atom stereocenters. The van der Waals surface area contributed by atoms with E-state index in [1.165, 1.54) is 5.39 Å². The highest BCUT2D eigenvalue weighted by Crippen LogP contribution is 2.50. The van der Waals surface area contributed by atoms with Crippen LogP contribution in [-0.4, -0.2) is 36.6 Å². The Balaban J connectivity index is 1.91. The summed E-state index contributed by atoms with van der Waals surface area (Å²) in [6.07, 6.45) is 0. The standard InChI is InChI=1S/C24H34B2O4/c1-20(2)21(3,4)28-25(27-20)24(9,26-29-22(5,6)23(7,8)30-26)19-16-12-14-17-13-10-11-15-18(17)19/h10-16H,1-9H3. The van der Waals surface area contributed by atoms with Gasteiger partial charge in [-0.25, -0.2) is 0 Å². The molecule has 4 nitrogen and oxygen atoms in total. The molecule has 2 heterocycles. The highest BCUT2D eigenvalue weighted by Gasteiger charge is 2.68. The Hall–Kier alpha value is -1.33. The van der Waals surface area contributed by atoms with Gasteiger partial charge >= 0.3 is 14.2 Å². The molecule has 2 aromatic carbocycles. The summed E-state index contributed by atoms with van der Waals surface area (Å²) >= 11 is 0. The van der Waals surface area contributed by atoms with Gasteiger partial charge in [-0.05, 0) is 71.7 Å². The first-order valence-corrected chi connectivity index (χ1v) is 10.9. The summed E-state index contributed by atoms with van der Waals surface area (Å²) in [6.45, 7) is 18.8. The second-order valence-corrected chi connectivity index (χ2v) is 11.0. The number of hydrogen-bond acceptors (Lipinski definition) is 4. The van der Waals surface area contributed by atoms with Crippen LogP contribution in [0.3, 0.4) is 0 Å². The van der Waals surface area contributed by atoms with E-state index in [-0.39, 0.29) is 0 Å². The molecular weight excluding hydrogens is 374 g/mol. The molecule has 2 fully saturated rings. The Labute approximate surface area is 181 Å². The SMILES string of the molecule is CC(B1OC(C)(C)C(C)(C)O1)(B1OC(C)(C)C(C)(C)O1)c1cccc2ccccc12. The van der Waals surface area contributed by atoms with Crippen LogP contribution in [-0.2, 0) is 23.8 Å². The summed E-state index contributed by atoms with van der Waals surface area (Å²) in [4.78, 5) is 0. The average molecular weight is 408 g/mol. The van der Waals surface area contributed by atoms with E-state index < -0.39 is 41.9 Å². The summed E-state index contributed by atoms with van der Waals surface area (Å²) < 4.78 is 26.4. The number of benzene rings is 2. The highest BCUT2D eigenvalue weighted by atomic mass is 16.7. The Kier molecular flexibility index (Phi) is 4.80. The molecule has 0 amide bonds. The molecular formula is C24H34B2O4. The van der Waals surface area contributed by atoms with Crippen LogP contribution in [0.2, 0.25) is 0 Å². The number of fused-ring (bicyclic) bond motifs is 1. The van der Waals surface area contributed by atoms with Crippen molar-refractivity contribution in [3.8, 4) is 0 Å². The van der Waals surface area contributed by atoms with Crippen molar-refractivity contribution in [2.45, 2.75) is 89.9 Å². The van der Waals surface area contributed by atoms with Crippen LogP contribution in [0.1, 0.15) is 67.9 Å². The third-order valence-corrected chi connectivity index (χ3v) is 7.86. The van der Waals surface area contributed by atoms with Crippen molar-refractivity contribution in [2.75, 3.05) is 0 Å². The van der Waals surface area contributed by atoms with Gasteiger partial charge < -0.3 is 18.6 Å². The lowest BCUT2D eigenvalue weighted by Gasteiger charge is -2.35. The van der Waals surface area contributed by atoms with Gasteiger partial charge in [0.1, 0.15) is 0 Å². The van der Waals surface area contributed by atoms with E-state index in [0.717, 1.165) is 10.9 Å². The molecule has 6 heteroatoms. The van der Waals surface area contributed by atoms with Gasteiger partial charge in [0.05, 0.1) is 27.6 Å². The van der Waals surface area contributed by atoms with E-state index in [1.54, 1.807) is 0 Å². The van der Waals surface area contributed by atoms with E-state index >= 15 is 0 Å². The molecule has 0 radical (unpaired) electrons. The van der Waals surface area contributed by atoms with Crippen molar-refractivity contribution in [2.24, 2.45) is 0 Å². The third kappa shape index (κ3) is 3.07. The summed E-state index contributed by atoms with van der Waals surface area (Å²) in [6, 6.07) is 14.8. The van der Waals surface area contributed by atoms with Gasteiger partial charge in [-0.2, -0.15) is 0 Å². The van der Waals surface area contributed by atoms with Gasteiger partial charge in [-0.15, -0.1) is 0 Å². The fourth-order valence-corrected chi connectivity index (χ4v) is 4.24. The molecule has 0 aromatic heterocycles. The lowest BCUT2D eigenvalue weighted by Crippen LogP contribution is -2.56. The third-order valence-electron chi connectivity index (χ3n) is 7.86. The van der Waals surface area contributed by atoms with Crippen molar-refractivity contribution >= 4 is 25.0 Å². The second kappa shape index (κ2) is 6.58. The molecule has 0 unspecified atom stereocenters. The van der Waals surface area contributed by atoms with Crippen LogP contribution in [0.25, 0.3) is 10.8 Å². The van der Waals surface area contributed by atoms with E-state index in [1.807, 2.05) is 0 Å². The molecule has 0 saturated carbocycles. The Bertz CT molecular complexity index is 893. The van der Waals surface area contributed by atoms with Crippen molar-refractivity contribution in [1.29, 1.82) is 0 Å². The maximum Gasteiger partial charge on any atom is 0.466 e. The minimum atomic E-state index is -0.684. The van der Waals surface area contributed by atoms with E-state index in [2.05, 4.69) is 105 Å². The van der Waals surface area contributed by atoms with Gasteiger partial charge in [0, 0.05) is 0 Å². The average Bonchev–Trinajstić information content (AvgIpc) is 3.00. The minimum absolute atomic E-state index is 0.451. The topological polar surface area (TPSA) is 36.9 Å². The van der Waals surface area contributed by atoms with Crippen molar-refractivity contribution in [3.05, 3.63) is 48.0 Å². The highest BCUT2D eigenvalue weighted by molar-refractivity contribution is 6.71. The second-order valence-electron chi connectivity index (χ2n) is 11.0. The Morgan fingerprint density at radius 3 is 1.47 bits per heavy atom. The molecule has 160 valence electrons.